The molecule has 3 rings (SSSR count). The average Bonchev–Trinajstić information content (AvgIpc) is 2.62. The number of aromatic nitrogens is 4. The fourth-order valence-corrected chi connectivity index (χ4v) is 2.79. The molecule has 1 amide bonds. The Balaban J connectivity index is 2.24. The number of fused-ring (bicyclic) bond motifs is 1. The van der Waals surface area contributed by atoms with Gasteiger partial charge in [0.2, 0.25) is 0 Å². The molecule has 0 radical (unpaired) electrons. The quantitative estimate of drug-likeness (QED) is 0.734. The van der Waals surface area contributed by atoms with E-state index in [-0.39, 0.29) is 22.5 Å². The molecule has 0 fully saturated rings. The van der Waals surface area contributed by atoms with E-state index in [4.69, 9.17) is 0 Å². The van der Waals surface area contributed by atoms with E-state index in [0.29, 0.717) is 18.1 Å². The Morgan fingerprint density at radius 2 is 2.04 bits per heavy atom. The van der Waals surface area contributed by atoms with E-state index in [1.165, 1.54) is 4.57 Å². The Kier molecular flexibility index (Phi) is 4.89. The number of carbonyl (C=O) groups is 1. The van der Waals surface area contributed by atoms with Crippen molar-refractivity contribution in [2.75, 3.05) is 5.32 Å². The van der Waals surface area contributed by atoms with Crippen molar-refractivity contribution in [3.8, 4) is 0 Å². The zero-order chi connectivity index (χ0) is 19.7. The monoisotopic (exact) mass is 367 g/mol. The summed E-state index contributed by atoms with van der Waals surface area (Å²) in [5.74, 6) is -0.0903. The lowest BCUT2D eigenvalue weighted by Crippen LogP contribution is -2.32. The van der Waals surface area contributed by atoms with Crippen molar-refractivity contribution in [2.45, 2.75) is 40.2 Å². The van der Waals surface area contributed by atoms with Gasteiger partial charge < -0.3 is 5.32 Å². The van der Waals surface area contributed by atoms with Gasteiger partial charge >= 0.3 is 5.69 Å². The van der Waals surface area contributed by atoms with Gasteiger partial charge in [-0.05, 0) is 37.5 Å². The molecule has 8 heteroatoms. The predicted octanol–water partition coefficient (Wildman–Crippen LogP) is 2.18. The third-order valence-corrected chi connectivity index (χ3v) is 4.27. The van der Waals surface area contributed by atoms with Crippen LogP contribution in [0, 0.1) is 6.92 Å². The average molecular weight is 367 g/mol. The number of rotatable bonds is 4. The van der Waals surface area contributed by atoms with Crippen LogP contribution < -0.4 is 16.6 Å². The standard InChI is InChI=1S/C19H21N5O3/c1-5-24-16-15(18(26)23-19(24)27)12(8-13(21-16)10(2)3)17(25)22-14-7-6-11(4)9-20-14/h6-10H,5H2,1-4H3,(H,20,22,25)(H,23,26,27). The third kappa shape index (κ3) is 3.51. The lowest BCUT2D eigenvalue weighted by molar-refractivity contribution is 0.102. The van der Waals surface area contributed by atoms with Crippen LogP contribution in [0.3, 0.4) is 0 Å². The maximum absolute atomic E-state index is 12.9. The molecule has 3 aromatic heterocycles. The first kappa shape index (κ1) is 18.5. The molecule has 8 nitrogen and oxygen atoms in total. The van der Waals surface area contributed by atoms with Crippen LogP contribution in [0.4, 0.5) is 5.82 Å². The van der Waals surface area contributed by atoms with Crippen molar-refractivity contribution in [1.82, 2.24) is 19.5 Å². The number of carbonyl (C=O) groups excluding carboxylic acids is 1. The molecule has 0 aliphatic rings. The largest absolute Gasteiger partial charge is 0.329 e. The molecule has 0 saturated heterocycles. The Morgan fingerprint density at radius 1 is 1.30 bits per heavy atom. The Hall–Kier alpha value is -3.29. The van der Waals surface area contributed by atoms with Crippen LogP contribution in [0.1, 0.15) is 48.3 Å². The van der Waals surface area contributed by atoms with Gasteiger partial charge in [-0.25, -0.2) is 14.8 Å². The van der Waals surface area contributed by atoms with Gasteiger partial charge in [0.25, 0.3) is 11.5 Å². The Labute approximate surface area is 155 Å². The molecule has 140 valence electrons. The van der Waals surface area contributed by atoms with E-state index >= 15 is 0 Å². The minimum Gasteiger partial charge on any atom is -0.307 e. The zero-order valence-electron chi connectivity index (χ0n) is 15.7. The molecular formula is C19H21N5O3. The molecule has 0 bridgehead atoms. The van der Waals surface area contributed by atoms with Gasteiger partial charge in [0.1, 0.15) is 5.82 Å². The van der Waals surface area contributed by atoms with Crippen molar-refractivity contribution in [1.29, 1.82) is 0 Å². The van der Waals surface area contributed by atoms with E-state index in [2.05, 4.69) is 20.3 Å². The summed E-state index contributed by atoms with van der Waals surface area (Å²) in [6.07, 6.45) is 1.64. The summed E-state index contributed by atoms with van der Waals surface area (Å²) in [4.78, 5) is 48.4. The lowest BCUT2D eigenvalue weighted by Gasteiger charge is -2.14. The number of aryl methyl sites for hydroxylation is 2. The normalized spacial score (nSPS) is 11.1. The molecule has 0 aliphatic carbocycles. The van der Waals surface area contributed by atoms with E-state index in [1.807, 2.05) is 26.8 Å². The van der Waals surface area contributed by atoms with Crippen LogP contribution >= 0.6 is 0 Å². The zero-order valence-corrected chi connectivity index (χ0v) is 15.7. The topological polar surface area (TPSA) is 110 Å². The van der Waals surface area contributed by atoms with E-state index in [0.717, 1.165) is 5.56 Å². The number of amides is 1. The Bertz CT molecular complexity index is 1130. The van der Waals surface area contributed by atoms with Gasteiger partial charge in [-0.3, -0.25) is 19.1 Å². The van der Waals surface area contributed by atoms with Crippen molar-refractivity contribution < 1.29 is 4.79 Å². The Morgan fingerprint density at radius 3 is 2.63 bits per heavy atom. The van der Waals surface area contributed by atoms with Gasteiger partial charge in [0.15, 0.2) is 5.65 Å². The van der Waals surface area contributed by atoms with Gasteiger partial charge in [0, 0.05) is 18.4 Å². The second-order valence-corrected chi connectivity index (χ2v) is 6.63. The summed E-state index contributed by atoms with van der Waals surface area (Å²) in [6, 6.07) is 5.11. The van der Waals surface area contributed by atoms with Gasteiger partial charge in [-0.15, -0.1) is 0 Å². The molecule has 3 heterocycles. The number of anilines is 1. The van der Waals surface area contributed by atoms with Gasteiger partial charge in [-0.1, -0.05) is 19.9 Å². The first-order chi connectivity index (χ1) is 12.8. The number of aromatic amines is 1. The fourth-order valence-electron chi connectivity index (χ4n) is 2.79. The summed E-state index contributed by atoms with van der Waals surface area (Å²) in [5.41, 5.74) is 0.776. The van der Waals surface area contributed by atoms with Crippen molar-refractivity contribution in [2.24, 2.45) is 0 Å². The molecule has 0 atom stereocenters. The van der Waals surface area contributed by atoms with Gasteiger partial charge in [0.05, 0.1) is 10.9 Å². The maximum Gasteiger partial charge on any atom is 0.329 e. The molecule has 27 heavy (non-hydrogen) atoms. The van der Waals surface area contributed by atoms with Crippen LogP contribution in [0.5, 0.6) is 0 Å². The molecule has 2 N–H and O–H groups in total. The van der Waals surface area contributed by atoms with E-state index in [9.17, 15) is 14.4 Å². The lowest BCUT2D eigenvalue weighted by atomic mass is 10.0. The van der Waals surface area contributed by atoms with Crippen LogP contribution in [-0.2, 0) is 6.54 Å². The highest BCUT2D eigenvalue weighted by molar-refractivity contribution is 6.11. The summed E-state index contributed by atoms with van der Waals surface area (Å²) >= 11 is 0. The molecule has 0 saturated carbocycles. The highest BCUT2D eigenvalue weighted by Gasteiger charge is 2.20. The summed E-state index contributed by atoms with van der Waals surface area (Å²) in [6.45, 7) is 7.85. The van der Waals surface area contributed by atoms with Crippen molar-refractivity contribution >= 4 is 22.8 Å². The minimum atomic E-state index is -0.635. The molecule has 0 spiro atoms. The first-order valence-corrected chi connectivity index (χ1v) is 8.73. The van der Waals surface area contributed by atoms with E-state index < -0.39 is 17.2 Å². The van der Waals surface area contributed by atoms with Crippen molar-refractivity contribution in [3.05, 3.63) is 62.1 Å². The third-order valence-electron chi connectivity index (χ3n) is 4.27. The highest BCUT2D eigenvalue weighted by Crippen LogP contribution is 2.20. The molecule has 0 unspecified atom stereocenters. The molecular weight excluding hydrogens is 346 g/mol. The smallest absolute Gasteiger partial charge is 0.307 e. The summed E-state index contributed by atoms with van der Waals surface area (Å²) in [7, 11) is 0. The van der Waals surface area contributed by atoms with Crippen LogP contribution in [0.15, 0.2) is 34.0 Å². The second-order valence-electron chi connectivity index (χ2n) is 6.63. The van der Waals surface area contributed by atoms with Crippen molar-refractivity contribution in [3.63, 3.8) is 0 Å². The van der Waals surface area contributed by atoms with Crippen LogP contribution in [-0.4, -0.2) is 25.4 Å². The molecule has 0 aromatic carbocycles. The first-order valence-electron chi connectivity index (χ1n) is 8.73. The predicted molar refractivity (Wildman–Crippen MR) is 103 cm³/mol. The highest BCUT2D eigenvalue weighted by atomic mass is 16.2. The number of pyridine rings is 2. The van der Waals surface area contributed by atoms with E-state index in [1.54, 1.807) is 25.3 Å². The number of hydrogen-bond acceptors (Lipinski definition) is 5. The summed E-state index contributed by atoms with van der Waals surface area (Å²) < 4.78 is 1.35. The number of H-pyrrole nitrogens is 1. The number of nitrogens with one attached hydrogen (secondary N) is 2. The molecule has 0 aliphatic heterocycles. The van der Waals surface area contributed by atoms with Crippen LogP contribution in [0.2, 0.25) is 0 Å². The fraction of sp³-hybridized carbons (Fsp3) is 0.316. The SMILES string of the molecule is CCn1c(=O)[nH]c(=O)c2c(C(=O)Nc3ccc(C)cn3)cc(C(C)C)nc21. The van der Waals surface area contributed by atoms with Crippen LogP contribution in [0.25, 0.3) is 11.0 Å². The number of hydrogen-bond donors (Lipinski definition) is 2. The summed E-state index contributed by atoms with van der Waals surface area (Å²) in [5, 5.41) is 2.79. The number of nitrogens with zero attached hydrogens (tertiary/aromatic N) is 3. The minimum absolute atomic E-state index is 0.0122. The maximum atomic E-state index is 12.9. The second kappa shape index (κ2) is 7.14. The van der Waals surface area contributed by atoms with Gasteiger partial charge in [-0.2, -0.15) is 0 Å². The molecule has 3 aromatic rings.